The van der Waals surface area contributed by atoms with Crippen LogP contribution in [0.3, 0.4) is 0 Å². The highest BCUT2D eigenvalue weighted by molar-refractivity contribution is 6.42. The summed E-state index contributed by atoms with van der Waals surface area (Å²) in [5, 5.41) is 4.93. The molecular formula is C16H22Cl2N2. The van der Waals surface area contributed by atoms with E-state index in [1.165, 1.54) is 18.4 Å². The highest BCUT2D eigenvalue weighted by atomic mass is 35.5. The maximum absolute atomic E-state index is 6.14. The molecule has 0 spiro atoms. The summed E-state index contributed by atoms with van der Waals surface area (Å²) in [7, 11) is 0. The SMILES string of the molecule is CC1CN(Cc2ccc(Cl)c(Cl)c2)C(C)(C2CC2)CN1. The van der Waals surface area contributed by atoms with Crippen molar-refractivity contribution < 1.29 is 0 Å². The number of hydrogen-bond donors (Lipinski definition) is 1. The fourth-order valence-electron chi connectivity index (χ4n) is 3.31. The minimum Gasteiger partial charge on any atom is -0.311 e. The van der Waals surface area contributed by atoms with Gasteiger partial charge in [0.25, 0.3) is 0 Å². The molecule has 1 saturated heterocycles. The fourth-order valence-corrected chi connectivity index (χ4v) is 3.63. The van der Waals surface area contributed by atoms with E-state index in [1.54, 1.807) is 0 Å². The molecule has 1 aliphatic carbocycles. The molecule has 20 heavy (non-hydrogen) atoms. The van der Waals surface area contributed by atoms with Gasteiger partial charge in [-0.25, -0.2) is 0 Å². The van der Waals surface area contributed by atoms with Gasteiger partial charge in [0.2, 0.25) is 0 Å². The van der Waals surface area contributed by atoms with Gasteiger partial charge in [-0.15, -0.1) is 0 Å². The first-order valence-corrected chi connectivity index (χ1v) is 8.17. The summed E-state index contributed by atoms with van der Waals surface area (Å²) >= 11 is 12.2. The van der Waals surface area contributed by atoms with E-state index in [1.807, 2.05) is 12.1 Å². The fraction of sp³-hybridized carbons (Fsp3) is 0.625. The van der Waals surface area contributed by atoms with Crippen LogP contribution >= 0.6 is 23.2 Å². The van der Waals surface area contributed by atoms with E-state index in [4.69, 9.17) is 23.2 Å². The van der Waals surface area contributed by atoms with Gasteiger partial charge >= 0.3 is 0 Å². The molecule has 1 aliphatic heterocycles. The van der Waals surface area contributed by atoms with Gasteiger partial charge in [0, 0.05) is 31.2 Å². The third-order valence-corrected chi connectivity index (χ3v) is 5.58. The van der Waals surface area contributed by atoms with Crippen molar-refractivity contribution in [2.75, 3.05) is 13.1 Å². The van der Waals surface area contributed by atoms with Crippen LogP contribution in [0.2, 0.25) is 10.0 Å². The zero-order valence-corrected chi connectivity index (χ0v) is 13.6. The first-order valence-electron chi connectivity index (χ1n) is 7.41. The van der Waals surface area contributed by atoms with E-state index < -0.39 is 0 Å². The van der Waals surface area contributed by atoms with Gasteiger partial charge in [-0.3, -0.25) is 4.90 Å². The Hall–Kier alpha value is -0.280. The average Bonchev–Trinajstić information content (AvgIpc) is 3.23. The highest BCUT2D eigenvalue weighted by Crippen LogP contribution is 2.44. The average molecular weight is 313 g/mol. The molecule has 0 amide bonds. The van der Waals surface area contributed by atoms with Crippen molar-refractivity contribution in [2.45, 2.75) is 44.8 Å². The van der Waals surface area contributed by atoms with Crippen LogP contribution in [0, 0.1) is 5.92 Å². The number of nitrogens with one attached hydrogen (secondary N) is 1. The standard InChI is InChI=1S/C16H22Cl2N2/c1-11-8-20(16(2,10-19-11)13-4-5-13)9-12-3-6-14(17)15(18)7-12/h3,6-7,11,13,19H,4-5,8-10H2,1-2H3. The first kappa shape index (κ1) is 14.6. The topological polar surface area (TPSA) is 15.3 Å². The van der Waals surface area contributed by atoms with Crippen molar-refractivity contribution in [3.63, 3.8) is 0 Å². The molecule has 110 valence electrons. The molecule has 1 heterocycles. The van der Waals surface area contributed by atoms with Crippen LogP contribution in [0.1, 0.15) is 32.3 Å². The molecule has 2 aliphatic rings. The molecule has 3 rings (SSSR count). The van der Waals surface area contributed by atoms with Crippen LogP contribution in [0.25, 0.3) is 0 Å². The summed E-state index contributed by atoms with van der Waals surface area (Å²) in [6, 6.07) is 6.54. The van der Waals surface area contributed by atoms with Gasteiger partial charge in [-0.2, -0.15) is 0 Å². The monoisotopic (exact) mass is 312 g/mol. The van der Waals surface area contributed by atoms with Crippen molar-refractivity contribution in [1.82, 2.24) is 10.2 Å². The minimum atomic E-state index is 0.276. The van der Waals surface area contributed by atoms with Gasteiger partial charge < -0.3 is 5.32 Å². The van der Waals surface area contributed by atoms with Crippen LogP contribution in [-0.4, -0.2) is 29.6 Å². The molecular weight excluding hydrogens is 291 g/mol. The normalized spacial score (nSPS) is 31.5. The maximum Gasteiger partial charge on any atom is 0.0595 e. The van der Waals surface area contributed by atoms with E-state index in [-0.39, 0.29) is 5.54 Å². The Bertz CT molecular complexity index is 501. The third-order valence-electron chi connectivity index (χ3n) is 4.84. The molecule has 1 N–H and O–H groups in total. The first-order chi connectivity index (χ1) is 9.49. The number of halogens is 2. The lowest BCUT2D eigenvalue weighted by Crippen LogP contribution is -2.63. The summed E-state index contributed by atoms with van der Waals surface area (Å²) in [4.78, 5) is 2.63. The molecule has 0 bridgehead atoms. The Morgan fingerprint density at radius 2 is 2.05 bits per heavy atom. The minimum absolute atomic E-state index is 0.276. The Kier molecular flexibility index (Phi) is 4.02. The van der Waals surface area contributed by atoms with E-state index in [9.17, 15) is 0 Å². The van der Waals surface area contributed by atoms with Crippen LogP contribution in [0.15, 0.2) is 18.2 Å². The predicted molar refractivity (Wildman–Crippen MR) is 85.5 cm³/mol. The molecule has 0 radical (unpaired) electrons. The van der Waals surface area contributed by atoms with E-state index >= 15 is 0 Å². The molecule has 4 heteroatoms. The third kappa shape index (κ3) is 2.85. The van der Waals surface area contributed by atoms with Crippen molar-refractivity contribution in [1.29, 1.82) is 0 Å². The summed E-state index contributed by atoms with van der Waals surface area (Å²) < 4.78 is 0. The summed E-state index contributed by atoms with van der Waals surface area (Å²) in [6.45, 7) is 7.79. The van der Waals surface area contributed by atoms with Crippen LogP contribution < -0.4 is 5.32 Å². The molecule has 0 aromatic heterocycles. The van der Waals surface area contributed by atoms with Crippen molar-refractivity contribution in [3.8, 4) is 0 Å². The van der Waals surface area contributed by atoms with Gasteiger partial charge in [-0.05, 0) is 50.3 Å². The number of piperazine rings is 1. The summed E-state index contributed by atoms with van der Waals surface area (Å²) in [5.74, 6) is 0.838. The van der Waals surface area contributed by atoms with Crippen LogP contribution in [-0.2, 0) is 6.54 Å². The van der Waals surface area contributed by atoms with Gasteiger partial charge in [0.1, 0.15) is 0 Å². The highest BCUT2D eigenvalue weighted by Gasteiger charge is 2.47. The predicted octanol–water partition coefficient (Wildman–Crippen LogP) is 3.96. The molecule has 2 fully saturated rings. The molecule has 2 atom stereocenters. The Balaban J connectivity index is 1.80. The van der Waals surface area contributed by atoms with E-state index in [2.05, 4.69) is 30.1 Å². The lowest BCUT2D eigenvalue weighted by Gasteiger charge is -2.48. The van der Waals surface area contributed by atoms with Gasteiger partial charge in [0.15, 0.2) is 0 Å². The lowest BCUT2D eigenvalue weighted by molar-refractivity contribution is 0.0312. The second kappa shape index (κ2) is 5.49. The van der Waals surface area contributed by atoms with Crippen molar-refractivity contribution >= 4 is 23.2 Å². The molecule has 1 saturated carbocycles. The number of nitrogens with zero attached hydrogens (tertiary/aromatic N) is 1. The number of benzene rings is 1. The zero-order chi connectivity index (χ0) is 14.3. The zero-order valence-electron chi connectivity index (χ0n) is 12.1. The Morgan fingerprint density at radius 3 is 2.70 bits per heavy atom. The summed E-state index contributed by atoms with van der Waals surface area (Å²) in [5.41, 5.74) is 1.53. The second-order valence-corrected chi connectivity index (χ2v) is 7.36. The van der Waals surface area contributed by atoms with Crippen LogP contribution in [0.5, 0.6) is 0 Å². The van der Waals surface area contributed by atoms with Gasteiger partial charge in [-0.1, -0.05) is 29.3 Å². The quantitative estimate of drug-likeness (QED) is 0.909. The smallest absolute Gasteiger partial charge is 0.0595 e. The summed E-state index contributed by atoms with van der Waals surface area (Å²) in [6.07, 6.45) is 2.73. The number of rotatable bonds is 3. The van der Waals surface area contributed by atoms with Gasteiger partial charge in [0.05, 0.1) is 10.0 Å². The van der Waals surface area contributed by atoms with E-state index in [0.29, 0.717) is 16.1 Å². The molecule has 2 unspecified atom stereocenters. The van der Waals surface area contributed by atoms with Crippen LogP contribution in [0.4, 0.5) is 0 Å². The molecule has 1 aromatic rings. The number of hydrogen-bond acceptors (Lipinski definition) is 2. The Labute approximate surface area is 131 Å². The maximum atomic E-state index is 6.14. The Morgan fingerprint density at radius 1 is 1.30 bits per heavy atom. The van der Waals surface area contributed by atoms with Crippen molar-refractivity contribution in [3.05, 3.63) is 33.8 Å². The second-order valence-electron chi connectivity index (χ2n) is 6.54. The largest absolute Gasteiger partial charge is 0.311 e. The van der Waals surface area contributed by atoms with Crippen molar-refractivity contribution in [2.24, 2.45) is 5.92 Å². The molecule has 1 aromatic carbocycles. The lowest BCUT2D eigenvalue weighted by atomic mass is 9.89. The molecule has 2 nitrogen and oxygen atoms in total. The van der Waals surface area contributed by atoms with E-state index in [0.717, 1.165) is 25.6 Å².